The van der Waals surface area contributed by atoms with Crippen molar-refractivity contribution in [3.63, 3.8) is 0 Å². The Balaban J connectivity index is 2.11. The van der Waals surface area contributed by atoms with Gasteiger partial charge in [-0.1, -0.05) is 28.9 Å². The Morgan fingerprint density at radius 1 is 1.19 bits per heavy atom. The van der Waals surface area contributed by atoms with Gasteiger partial charge in [0.1, 0.15) is 12.4 Å². The van der Waals surface area contributed by atoms with Crippen molar-refractivity contribution >= 4 is 17.4 Å². The fraction of sp³-hybridized carbons (Fsp3) is 0.188. The molecule has 4 nitrogen and oxygen atoms in total. The molecular weight excluding hydrogens is 288 g/mol. The van der Waals surface area contributed by atoms with E-state index in [1.54, 1.807) is 6.07 Å². The lowest BCUT2D eigenvalue weighted by molar-refractivity contribution is 0.305. The van der Waals surface area contributed by atoms with Crippen LogP contribution in [0.15, 0.2) is 41.6 Å². The van der Waals surface area contributed by atoms with Crippen LogP contribution in [0.5, 0.6) is 5.75 Å². The van der Waals surface area contributed by atoms with Gasteiger partial charge in [0.05, 0.1) is 0 Å². The van der Waals surface area contributed by atoms with Crippen LogP contribution in [0.1, 0.15) is 22.3 Å². The van der Waals surface area contributed by atoms with Crippen LogP contribution in [0.25, 0.3) is 0 Å². The molecule has 0 bridgehead atoms. The number of nitrogens with zero attached hydrogens (tertiary/aromatic N) is 1. The molecule has 0 saturated carbocycles. The van der Waals surface area contributed by atoms with E-state index in [0.717, 1.165) is 27.5 Å². The zero-order valence-electron chi connectivity index (χ0n) is 11.9. The van der Waals surface area contributed by atoms with Gasteiger partial charge in [-0.3, -0.25) is 0 Å². The predicted octanol–water partition coefficient (Wildman–Crippen LogP) is 3.63. The maximum absolute atomic E-state index is 8.68. The van der Waals surface area contributed by atoms with Crippen molar-refractivity contribution in [2.24, 2.45) is 10.9 Å². The summed E-state index contributed by atoms with van der Waals surface area (Å²) in [5, 5.41) is 12.4. The summed E-state index contributed by atoms with van der Waals surface area (Å²) in [7, 11) is 0. The molecule has 0 atom stereocenters. The lowest BCUT2D eigenvalue weighted by Gasteiger charge is -2.11. The largest absolute Gasteiger partial charge is 0.489 e. The first-order valence-corrected chi connectivity index (χ1v) is 6.85. The van der Waals surface area contributed by atoms with Gasteiger partial charge >= 0.3 is 0 Å². The van der Waals surface area contributed by atoms with E-state index in [1.807, 2.05) is 44.2 Å². The van der Waals surface area contributed by atoms with Gasteiger partial charge in [-0.15, -0.1) is 0 Å². The van der Waals surface area contributed by atoms with Gasteiger partial charge in [-0.05, 0) is 54.8 Å². The number of aryl methyl sites for hydroxylation is 2. The molecule has 0 radical (unpaired) electrons. The first-order chi connectivity index (χ1) is 10.0. The third kappa shape index (κ3) is 3.67. The van der Waals surface area contributed by atoms with E-state index in [4.69, 9.17) is 27.3 Å². The van der Waals surface area contributed by atoms with Crippen LogP contribution in [0, 0.1) is 13.8 Å². The summed E-state index contributed by atoms with van der Waals surface area (Å²) < 4.78 is 5.77. The monoisotopic (exact) mass is 304 g/mol. The number of benzene rings is 2. The fourth-order valence-electron chi connectivity index (χ4n) is 1.94. The van der Waals surface area contributed by atoms with E-state index in [9.17, 15) is 0 Å². The van der Waals surface area contributed by atoms with E-state index in [2.05, 4.69) is 5.16 Å². The van der Waals surface area contributed by atoms with Crippen LogP contribution < -0.4 is 10.5 Å². The van der Waals surface area contributed by atoms with Crippen molar-refractivity contribution in [2.75, 3.05) is 0 Å². The normalized spacial score (nSPS) is 11.5. The first kappa shape index (κ1) is 15.2. The minimum absolute atomic E-state index is 0.0962. The third-order valence-electron chi connectivity index (χ3n) is 3.27. The smallest absolute Gasteiger partial charge is 0.170 e. The number of hydrogen-bond acceptors (Lipinski definition) is 3. The molecule has 5 heteroatoms. The Morgan fingerprint density at radius 3 is 2.57 bits per heavy atom. The average molecular weight is 305 g/mol. The maximum Gasteiger partial charge on any atom is 0.170 e. The molecule has 2 rings (SSSR count). The number of nitrogens with two attached hydrogens (primary N) is 1. The van der Waals surface area contributed by atoms with Crippen molar-refractivity contribution in [3.05, 3.63) is 63.7 Å². The molecule has 0 amide bonds. The molecule has 0 saturated heterocycles. The summed E-state index contributed by atoms with van der Waals surface area (Å²) in [5.41, 5.74) is 9.28. The molecular formula is C16H17ClN2O2. The summed E-state index contributed by atoms with van der Waals surface area (Å²) in [6.45, 7) is 4.34. The number of rotatable bonds is 4. The van der Waals surface area contributed by atoms with Crippen molar-refractivity contribution < 1.29 is 9.94 Å². The van der Waals surface area contributed by atoms with E-state index in [1.165, 1.54) is 0 Å². The molecule has 0 spiro atoms. The number of hydrogen-bond donors (Lipinski definition) is 2. The van der Waals surface area contributed by atoms with E-state index in [-0.39, 0.29) is 5.84 Å². The number of oxime groups is 1. The predicted molar refractivity (Wildman–Crippen MR) is 84.2 cm³/mol. The van der Waals surface area contributed by atoms with E-state index in [0.29, 0.717) is 12.2 Å². The molecule has 0 aliphatic heterocycles. The minimum atomic E-state index is 0.0962. The number of amidine groups is 1. The molecule has 0 heterocycles. The van der Waals surface area contributed by atoms with Gasteiger partial charge in [0.15, 0.2) is 5.84 Å². The summed E-state index contributed by atoms with van der Waals surface area (Å²) in [4.78, 5) is 0. The van der Waals surface area contributed by atoms with E-state index >= 15 is 0 Å². The van der Waals surface area contributed by atoms with E-state index < -0.39 is 0 Å². The topological polar surface area (TPSA) is 67.8 Å². The highest BCUT2D eigenvalue weighted by Crippen LogP contribution is 2.22. The molecule has 110 valence electrons. The van der Waals surface area contributed by atoms with Gasteiger partial charge in [0, 0.05) is 10.6 Å². The summed E-state index contributed by atoms with van der Waals surface area (Å²) in [6.07, 6.45) is 0. The van der Waals surface area contributed by atoms with Crippen molar-refractivity contribution in [1.29, 1.82) is 0 Å². The third-order valence-corrected chi connectivity index (χ3v) is 3.69. The summed E-state index contributed by atoms with van der Waals surface area (Å²) in [6, 6.07) is 11.1. The van der Waals surface area contributed by atoms with Crippen LogP contribution in [-0.2, 0) is 6.61 Å². The van der Waals surface area contributed by atoms with Crippen LogP contribution in [0.2, 0.25) is 5.02 Å². The molecule has 2 aromatic carbocycles. The Labute approximate surface area is 128 Å². The van der Waals surface area contributed by atoms with Gasteiger partial charge in [-0.25, -0.2) is 0 Å². The highest BCUT2D eigenvalue weighted by molar-refractivity contribution is 6.31. The quantitative estimate of drug-likeness (QED) is 0.392. The molecule has 0 aliphatic carbocycles. The molecule has 0 fully saturated rings. The number of halogens is 1. The zero-order chi connectivity index (χ0) is 15.4. The van der Waals surface area contributed by atoms with Crippen LogP contribution in [0.3, 0.4) is 0 Å². The fourth-order valence-corrected chi connectivity index (χ4v) is 2.06. The zero-order valence-corrected chi connectivity index (χ0v) is 12.7. The van der Waals surface area contributed by atoms with Gasteiger partial charge in [-0.2, -0.15) is 0 Å². The van der Waals surface area contributed by atoms with Gasteiger partial charge < -0.3 is 15.7 Å². The Hall–Kier alpha value is -2.20. The molecule has 0 aromatic heterocycles. The average Bonchev–Trinajstić information content (AvgIpc) is 2.48. The SMILES string of the molecule is Cc1cc(OCc2ccc(/C(N)=N/O)cc2C)ccc1Cl. The summed E-state index contributed by atoms with van der Waals surface area (Å²) >= 11 is 5.98. The second-order valence-corrected chi connectivity index (χ2v) is 5.23. The standard InChI is InChI=1S/C16H17ClN2O2/c1-10-7-12(16(18)19-20)3-4-13(10)9-21-14-5-6-15(17)11(2)8-14/h3-8,20H,9H2,1-2H3,(H2,18,19). The molecule has 0 unspecified atom stereocenters. The lowest BCUT2D eigenvalue weighted by Crippen LogP contribution is -2.13. The number of ether oxygens (including phenoxy) is 1. The van der Waals surface area contributed by atoms with Crippen molar-refractivity contribution in [1.82, 2.24) is 0 Å². The lowest BCUT2D eigenvalue weighted by atomic mass is 10.1. The molecule has 2 aromatic rings. The second kappa shape index (κ2) is 6.50. The Kier molecular flexibility index (Phi) is 4.70. The maximum atomic E-state index is 8.68. The highest BCUT2D eigenvalue weighted by Gasteiger charge is 2.05. The van der Waals surface area contributed by atoms with Crippen LogP contribution >= 0.6 is 11.6 Å². The molecule has 21 heavy (non-hydrogen) atoms. The van der Waals surface area contributed by atoms with Crippen molar-refractivity contribution in [3.8, 4) is 5.75 Å². The van der Waals surface area contributed by atoms with Crippen molar-refractivity contribution in [2.45, 2.75) is 20.5 Å². The first-order valence-electron chi connectivity index (χ1n) is 6.47. The van der Waals surface area contributed by atoms with Gasteiger partial charge in [0.25, 0.3) is 0 Å². The Bertz CT molecular complexity index is 684. The van der Waals surface area contributed by atoms with Crippen LogP contribution in [0.4, 0.5) is 0 Å². The summed E-state index contributed by atoms with van der Waals surface area (Å²) in [5.74, 6) is 0.871. The highest BCUT2D eigenvalue weighted by atomic mass is 35.5. The molecule has 0 aliphatic rings. The Morgan fingerprint density at radius 2 is 1.95 bits per heavy atom. The second-order valence-electron chi connectivity index (χ2n) is 4.83. The minimum Gasteiger partial charge on any atom is -0.489 e. The van der Waals surface area contributed by atoms with Gasteiger partial charge in [0.2, 0.25) is 0 Å². The van der Waals surface area contributed by atoms with Crippen LogP contribution in [-0.4, -0.2) is 11.0 Å². The molecule has 3 N–H and O–H groups in total.